The van der Waals surface area contributed by atoms with Gasteiger partial charge in [0.25, 0.3) is 0 Å². The number of nitrogens with zero attached hydrogens (tertiary/aromatic N) is 2. The van der Waals surface area contributed by atoms with Gasteiger partial charge in [0.15, 0.2) is 0 Å². The minimum absolute atomic E-state index is 0.406. The lowest BCUT2D eigenvalue weighted by Crippen LogP contribution is -2.16. The first kappa shape index (κ1) is 14.0. The van der Waals surface area contributed by atoms with E-state index in [1.165, 1.54) is 25.7 Å². The smallest absolute Gasteiger partial charge is 0.140 e. The van der Waals surface area contributed by atoms with Gasteiger partial charge in [0.05, 0.1) is 9.26 Å². The lowest BCUT2D eigenvalue weighted by molar-refractivity contribution is 0.339. The molecule has 0 atom stereocenters. The predicted octanol–water partition coefficient (Wildman–Crippen LogP) is 4.08. The van der Waals surface area contributed by atoms with Gasteiger partial charge in [0.2, 0.25) is 0 Å². The normalized spacial score (nSPS) is 24.5. The van der Waals surface area contributed by atoms with E-state index in [0.29, 0.717) is 17.7 Å². The highest BCUT2D eigenvalue weighted by molar-refractivity contribution is 14.1. The second kappa shape index (κ2) is 5.72. The summed E-state index contributed by atoms with van der Waals surface area (Å²) in [5.74, 6) is 3.40. The number of nitrogen functional groups attached to an aromatic ring is 1. The van der Waals surface area contributed by atoms with Crippen molar-refractivity contribution in [2.75, 3.05) is 5.73 Å². The Bertz CT molecular complexity index is 423. The molecule has 100 valence electrons. The van der Waals surface area contributed by atoms with Crippen LogP contribution in [-0.2, 0) is 0 Å². The molecular formula is C14H22IN3. The molecule has 1 saturated carbocycles. The molecule has 2 rings (SSSR count). The average Bonchev–Trinajstić information content (AvgIpc) is 2.33. The summed E-state index contributed by atoms with van der Waals surface area (Å²) in [5, 5.41) is 0. The van der Waals surface area contributed by atoms with Gasteiger partial charge in [-0.3, -0.25) is 0 Å². The van der Waals surface area contributed by atoms with Gasteiger partial charge in [0, 0.05) is 5.92 Å². The molecule has 0 amide bonds. The van der Waals surface area contributed by atoms with Crippen LogP contribution in [0.2, 0.25) is 0 Å². The van der Waals surface area contributed by atoms with Gasteiger partial charge in [-0.05, 0) is 47.3 Å². The Morgan fingerprint density at radius 3 is 2.33 bits per heavy atom. The zero-order valence-corrected chi connectivity index (χ0v) is 13.6. The molecule has 0 spiro atoms. The zero-order valence-electron chi connectivity index (χ0n) is 11.4. The molecule has 18 heavy (non-hydrogen) atoms. The quantitative estimate of drug-likeness (QED) is 0.810. The van der Waals surface area contributed by atoms with Crippen molar-refractivity contribution in [2.45, 2.75) is 58.3 Å². The van der Waals surface area contributed by atoms with Crippen molar-refractivity contribution in [3.05, 3.63) is 15.1 Å². The second-order valence-corrected chi connectivity index (χ2v) is 6.86. The molecule has 0 bridgehead atoms. The van der Waals surface area contributed by atoms with E-state index in [1.54, 1.807) is 0 Å². The maximum Gasteiger partial charge on any atom is 0.140 e. The van der Waals surface area contributed by atoms with Gasteiger partial charge in [-0.25, -0.2) is 9.97 Å². The van der Waals surface area contributed by atoms with Gasteiger partial charge in [-0.15, -0.1) is 0 Å². The Balaban J connectivity index is 2.28. The number of halogens is 1. The third-order valence-corrected chi connectivity index (χ3v) is 4.95. The molecule has 1 heterocycles. The van der Waals surface area contributed by atoms with E-state index in [-0.39, 0.29) is 0 Å². The molecule has 0 aliphatic heterocycles. The number of hydrogen-bond acceptors (Lipinski definition) is 3. The third-order valence-electron chi connectivity index (χ3n) is 3.85. The monoisotopic (exact) mass is 359 g/mol. The van der Waals surface area contributed by atoms with E-state index in [1.807, 2.05) is 0 Å². The largest absolute Gasteiger partial charge is 0.383 e. The van der Waals surface area contributed by atoms with E-state index in [4.69, 9.17) is 10.7 Å². The minimum Gasteiger partial charge on any atom is -0.383 e. The van der Waals surface area contributed by atoms with E-state index >= 15 is 0 Å². The van der Waals surface area contributed by atoms with E-state index in [2.05, 4.69) is 48.3 Å². The molecule has 0 aromatic carbocycles. The van der Waals surface area contributed by atoms with Crippen LogP contribution in [0.5, 0.6) is 0 Å². The lowest BCUT2D eigenvalue weighted by atomic mass is 9.82. The van der Waals surface area contributed by atoms with Crippen molar-refractivity contribution >= 4 is 28.4 Å². The fraction of sp³-hybridized carbons (Fsp3) is 0.714. The Hall–Kier alpha value is -0.390. The van der Waals surface area contributed by atoms with Crippen LogP contribution >= 0.6 is 22.6 Å². The van der Waals surface area contributed by atoms with Crippen molar-refractivity contribution in [1.82, 2.24) is 9.97 Å². The van der Waals surface area contributed by atoms with Gasteiger partial charge in [0.1, 0.15) is 11.6 Å². The molecule has 1 aromatic rings. The highest BCUT2D eigenvalue weighted by Crippen LogP contribution is 2.35. The third kappa shape index (κ3) is 2.95. The summed E-state index contributed by atoms with van der Waals surface area (Å²) >= 11 is 2.26. The maximum absolute atomic E-state index is 6.03. The Kier molecular flexibility index (Phi) is 4.45. The van der Waals surface area contributed by atoms with E-state index in [0.717, 1.165) is 21.0 Å². The Morgan fingerprint density at radius 1 is 1.17 bits per heavy atom. The van der Waals surface area contributed by atoms with Crippen LogP contribution in [-0.4, -0.2) is 9.97 Å². The van der Waals surface area contributed by atoms with Gasteiger partial charge < -0.3 is 5.73 Å². The molecular weight excluding hydrogens is 337 g/mol. The molecule has 1 aromatic heterocycles. The first-order chi connectivity index (χ1) is 8.49. The Morgan fingerprint density at radius 2 is 1.78 bits per heavy atom. The van der Waals surface area contributed by atoms with Crippen LogP contribution in [0.15, 0.2) is 0 Å². The molecule has 1 aliphatic rings. The fourth-order valence-electron chi connectivity index (χ4n) is 2.58. The molecule has 0 saturated heterocycles. The summed E-state index contributed by atoms with van der Waals surface area (Å²) in [5.41, 5.74) is 7.14. The van der Waals surface area contributed by atoms with Crippen molar-refractivity contribution in [3.63, 3.8) is 0 Å². The van der Waals surface area contributed by atoms with Crippen molar-refractivity contribution in [1.29, 1.82) is 0 Å². The molecule has 2 N–H and O–H groups in total. The number of rotatable bonds is 2. The van der Waals surface area contributed by atoms with Crippen LogP contribution in [0.25, 0.3) is 0 Å². The van der Waals surface area contributed by atoms with Crippen LogP contribution in [0, 0.1) is 9.49 Å². The van der Waals surface area contributed by atoms with Crippen molar-refractivity contribution in [2.24, 2.45) is 5.92 Å². The first-order valence-electron chi connectivity index (χ1n) is 6.81. The Labute approximate surface area is 123 Å². The zero-order chi connectivity index (χ0) is 13.3. The fourth-order valence-corrected chi connectivity index (χ4v) is 3.45. The molecule has 0 unspecified atom stereocenters. The van der Waals surface area contributed by atoms with Crippen LogP contribution in [0.4, 0.5) is 5.82 Å². The van der Waals surface area contributed by atoms with E-state index < -0.39 is 0 Å². The SMILES string of the molecule is CC1CCC(c2nc(N)c(I)c(C(C)C)n2)CC1. The number of aromatic nitrogens is 2. The van der Waals surface area contributed by atoms with Crippen LogP contribution in [0.3, 0.4) is 0 Å². The highest BCUT2D eigenvalue weighted by atomic mass is 127. The maximum atomic E-state index is 6.03. The summed E-state index contributed by atoms with van der Waals surface area (Å²) in [6.45, 7) is 6.66. The number of hydrogen-bond donors (Lipinski definition) is 1. The summed E-state index contributed by atoms with van der Waals surface area (Å²) in [6, 6.07) is 0. The van der Waals surface area contributed by atoms with Crippen molar-refractivity contribution in [3.8, 4) is 0 Å². The van der Waals surface area contributed by atoms with Crippen LogP contribution in [0.1, 0.15) is 69.8 Å². The number of nitrogens with two attached hydrogens (primary N) is 1. The predicted molar refractivity (Wildman–Crippen MR) is 83.6 cm³/mol. The van der Waals surface area contributed by atoms with Crippen molar-refractivity contribution < 1.29 is 0 Å². The summed E-state index contributed by atoms with van der Waals surface area (Å²) < 4.78 is 1.02. The topological polar surface area (TPSA) is 51.8 Å². The number of anilines is 1. The molecule has 4 heteroatoms. The summed E-state index contributed by atoms with van der Waals surface area (Å²) in [6.07, 6.45) is 4.99. The molecule has 0 radical (unpaired) electrons. The first-order valence-corrected chi connectivity index (χ1v) is 7.89. The second-order valence-electron chi connectivity index (χ2n) is 5.78. The van der Waals surface area contributed by atoms with Gasteiger partial charge >= 0.3 is 0 Å². The summed E-state index contributed by atoms with van der Waals surface area (Å²) in [4.78, 5) is 9.31. The summed E-state index contributed by atoms with van der Waals surface area (Å²) in [7, 11) is 0. The van der Waals surface area contributed by atoms with E-state index in [9.17, 15) is 0 Å². The molecule has 1 fully saturated rings. The minimum atomic E-state index is 0.406. The average molecular weight is 359 g/mol. The standard InChI is InChI=1S/C14H22IN3/c1-8(2)12-11(15)13(16)18-14(17-12)10-6-4-9(3)5-7-10/h8-10H,4-7H2,1-3H3,(H2,16,17,18). The van der Waals surface area contributed by atoms with Gasteiger partial charge in [-0.1, -0.05) is 33.6 Å². The van der Waals surface area contributed by atoms with Crippen LogP contribution < -0.4 is 5.73 Å². The molecule has 1 aliphatic carbocycles. The molecule has 3 nitrogen and oxygen atoms in total. The highest BCUT2D eigenvalue weighted by Gasteiger charge is 2.24. The van der Waals surface area contributed by atoms with Gasteiger partial charge in [-0.2, -0.15) is 0 Å². The lowest BCUT2D eigenvalue weighted by Gasteiger charge is -2.26.